The Hall–Kier alpha value is -0.830. The van der Waals surface area contributed by atoms with Crippen LogP contribution in [-0.4, -0.2) is 16.8 Å². The lowest BCUT2D eigenvalue weighted by molar-refractivity contribution is 0.213. The van der Waals surface area contributed by atoms with Crippen LogP contribution in [0.1, 0.15) is 63.6 Å². The predicted molar refractivity (Wildman–Crippen MR) is 80.0 cm³/mol. The molecule has 1 unspecified atom stereocenters. The fraction of sp³-hybridized carbons (Fsp3) is 0.812. The smallest absolute Gasteiger partial charge is 0.0553 e. The van der Waals surface area contributed by atoms with Crippen LogP contribution in [0.2, 0.25) is 0 Å². The lowest BCUT2D eigenvalue weighted by Crippen LogP contribution is -2.30. The number of hydrogen-bond acceptors (Lipinski definition) is 2. The van der Waals surface area contributed by atoms with Gasteiger partial charge in [-0.25, -0.2) is 0 Å². The van der Waals surface area contributed by atoms with Crippen LogP contribution in [0.25, 0.3) is 0 Å². The molecular weight excluding hydrogens is 234 g/mol. The van der Waals surface area contributed by atoms with Crippen molar-refractivity contribution in [2.75, 3.05) is 7.05 Å². The monoisotopic (exact) mass is 263 g/mol. The lowest BCUT2D eigenvalue weighted by Gasteiger charge is -2.34. The average molecular weight is 263 g/mol. The number of nitrogens with one attached hydrogen (secondary N) is 1. The molecule has 3 nitrogen and oxygen atoms in total. The first-order valence-electron chi connectivity index (χ1n) is 7.91. The zero-order chi connectivity index (χ0) is 13.7. The second-order valence-corrected chi connectivity index (χ2v) is 6.07. The summed E-state index contributed by atoms with van der Waals surface area (Å²) in [4.78, 5) is 0. The first-order chi connectivity index (χ1) is 9.26. The molecule has 1 fully saturated rings. The number of aryl methyl sites for hydroxylation is 1. The predicted octanol–water partition coefficient (Wildman–Crippen LogP) is 3.68. The molecule has 1 saturated carbocycles. The van der Waals surface area contributed by atoms with Gasteiger partial charge in [0, 0.05) is 13.2 Å². The fourth-order valence-electron chi connectivity index (χ4n) is 3.62. The van der Waals surface area contributed by atoms with Crippen LogP contribution in [0.4, 0.5) is 0 Å². The highest BCUT2D eigenvalue weighted by atomic mass is 15.3. The number of aromatic nitrogens is 2. The quantitative estimate of drug-likeness (QED) is 0.848. The molecule has 0 amide bonds. The highest BCUT2D eigenvalue weighted by molar-refractivity contribution is 5.08. The van der Waals surface area contributed by atoms with Crippen molar-refractivity contribution in [2.24, 2.45) is 18.9 Å². The number of hydrogen-bond donors (Lipinski definition) is 1. The standard InChI is InChI=1S/C16H29N3/c1-4-5-6-13-7-9-14(10-8-13)16(17-2)15-11-12-18-19(15)3/h11-14,16-17H,4-10H2,1-3H3. The van der Waals surface area contributed by atoms with Crippen LogP contribution in [0, 0.1) is 11.8 Å². The normalized spacial score (nSPS) is 25.4. The van der Waals surface area contributed by atoms with Gasteiger partial charge in [0.25, 0.3) is 0 Å². The van der Waals surface area contributed by atoms with Crippen molar-refractivity contribution in [3.63, 3.8) is 0 Å². The van der Waals surface area contributed by atoms with Crippen LogP contribution < -0.4 is 5.32 Å². The van der Waals surface area contributed by atoms with Gasteiger partial charge in [0.2, 0.25) is 0 Å². The van der Waals surface area contributed by atoms with Crippen LogP contribution >= 0.6 is 0 Å². The number of nitrogens with zero attached hydrogens (tertiary/aromatic N) is 2. The average Bonchev–Trinajstić information content (AvgIpc) is 2.85. The molecule has 1 N–H and O–H groups in total. The summed E-state index contributed by atoms with van der Waals surface area (Å²) in [6.45, 7) is 2.30. The van der Waals surface area contributed by atoms with Gasteiger partial charge in [-0.1, -0.05) is 39.0 Å². The van der Waals surface area contributed by atoms with Gasteiger partial charge in [0.1, 0.15) is 0 Å². The van der Waals surface area contributed by atoms with E-state index < -0.39 is 0 Å². The van der Waals surface area contributed by atoms with Gasteiger partial charge in [0.05, 0.1) is 11.7 Å². The van der Waals surface area contributed by atoms with Crippen LogP contribution in [0.5, 0.6) is 0 Å². The van der Waals surface area contributed by atoms with Crippen molar-refractivity contribution >= 4 is 0 Å². The Bertz CT molecular complexity index is 364. The fourth-order valence-corrected chi connectivity index (χ4v) is 3.62. The first-order valence-corrected chi connectivity index (χ1v) is 7.91. The molecule has 0 saturated heterocycles. The van der Waals surface area contributed by atoms with Gasteiger partial charge >= 0.3 is 0 Å². The van der Waals surface area contributed by atoms with Crippen molar-refractivity contribution in [2.45, 2.75) is 57.9 Å². The molecule has 0 aliphatic heterocycles. The largest absolute Gasteiger partial charge is 0.311 e. The van der Waals surface area contributed by atoms with E-state index in [0.29, 0.717) is 6.04 Å². The van der Waals surface area contributed by atoms with Crippen LogP contribution in [-0.2, 0) is 7.05 Å². The third-order valence-electron chi connectivity index (χ3n) is 4.82. The molecule has 2 rings (SSSR count). The van der Waals surface area contributed by atoms with Crippen molar-refractivity contribution < 1.29 is 0 Å². The number of rotatable bonds is 6. The van der Waals surface area contributed by atoms with Gasteiger partial charge in [-0.05, 0) is 37.8 Å². The van der Waals surface area contributed by atoms with Crippen LogP contribution in [0.3, 0.4) is 0 Å². The molecule has 3 heteroatoms. The maximum atomic E-state index is 4.31. The summed E-state index contributed by atoms with van der Waals surface area (Å²) >= 11 is 0. The SMILES string of the molecule is CCCCC1CCC(C(NC)c2ccnn2C)CC1. The Kier molecular flexibility index (Phi) is 5.44. The highest BCUT2D eigenvalue weighted by Crippen LogP contribution is 2.38. The van der Waals surface area contributed by atoms with Crippen molar-refractivity contribution in [1.29, 1.82) is 0 Å². The summed E-state index contributed by atoms with van der Waals surface area (Å²) in [7, 11) is 4.13. The molecule has 0 aromatic carbocycles. The first kappa shape index (κ1) is 14.6. The summed E-state index contributed by atoms with van der Waals surface area (Å²) in [6.07, 6.45) is 11.7. The minimum Gasteiger partial charge on any atom is -0.311 e. The molecular formula is C16H29N3. The van der Waals surface area contributed by atoms with Gasteiger partial charge in [0.15, 0.2) is 0 Å². The van der Waals surface area contributed by atoms with E-state index in [2.05, 4.69) is 30.5 Å². The minimum absolute atomic E-state index is 0.472. The Morgan fingerprint density at radius 1 is 1.37 bits per heavy atom. The molecule has 19 heavy (non-hydrogen) atoms. The molecule has 1 heterocycles. The Balaban J connectivity index is 1.90. The Morgan fingerprint density at radius 3 is 2.63 bits per heavy atom. The molecule has 1 aliphatic carbocycles. The van der Waals surface area contributed by atoms with E-state index in [9.17, 15) is 0 Å². The van der Waals surface area contributed by atoms with Gasteiger partial charge in [-0.3, -0.25) is 4.68 Å². The molecule has 1 aliphatic rings. The molecule has 0 spiro atoms. The van der Waals surface area contributed by atoms with E-state index in [4.69, 9.17) is 0 Å². The van der Waals surface area contributed by atoms with Crippen molar-refractivity contribution in [1.82, 2.24) is 15.1 Å². The zero-order valence-electron chi connectivity index (χ0n) is 12.7. The van der Waals surface area contributed by atoms with E-state index >= 15 is 0 Å². The molecule has 108 valence electrons. The third kappa shape index (κ3) is 3.59. The van der Waals surface area contributed by atoms with Gasteiger partial charge in [-0.15, -0.1) is 0 Å². The molecule has 1 atom stereocenters. The zero-order valence-corrected chi connectivity index (χ0v) is 12.7. The van der Waals surface area contributed by atoms with Crippen molar-refractivity contribution in [3.8, 4) is 0 Å². The van der Waals surface area contributed by atoms with Crippen LogP contribution in [0.15, 0.2) is 12.3 Å². The second kappa shape index (κ2) is 7.09. The lowest BCUT2D eigenvalue weighted by atomic mass is 9.76. The molecule has 1 aromatic rings. The van der Waals surface area contributed by atoms with Crippen molar-refractivity contribution in [3.05, 3.63) is 18.0 Å². The maximum Gasteiger partial charge on any atom is 0.0553 e. The van der Waals surface area contributed by atoms with Gasteiger partial charge < -0.3 is 5.32 Å². The highest BCUT2D eigenvalue weighted by Gasteiger charge is 2.28. The molecule has 0 radical (unpaired) electrons. The molecule has 1 aromatic heterocycles. The Labute approximate surface area is 117 Å². The minimum atomic E-state index is 0.472. The van der Waals surface area contributed by atoms with E-state index in [1.54, 1.807) is 0 Å². The summed E-state index contributed by atoms with van der Waals surface area (Å²) in [5.41, 5.74) is 1.33. The van der Waals surface area contributed by atoms with Gasteiger partial charge in [-0.2, -0.15) is 5.10 Å². The number of unbranched alkanes of at least 4 members (excludes halogenated alkanes) is 1. The second-order valence-electron chi connectivity index (χ2n) is 6.07. The third-order valence-corrected chi connectivity index (χ3v) is 4.82. The topological polar surface area (TPSA) is 29.9 Å². The summed E-state index contributed by atoms with van der Waals surface area (Å²) in [5.74, 6) is 1.76. The van der Waals surface area contributed by atoms with E-state index in [-0.39, 0.29) is 0 Å². The van der Waals surface area contributed by atoms with E-state index in [1.165, 1.54) is 50.6 Å². The van der Waals surface area contributed by atoms with E-state index in [1.807, 2.05) is 17.9 Å². The summed E-state index contributed by atoms with van der Waals surface area (Å²) in [5, 5.41) is 7.82. The summed E-state index contributed by atoms with van der Waals surface area (Å²) in [6, 6.07) is 2.63. The molecule has 0 bridgehead atoms. The summed E-state index contributed by atoms with van der Waals surface area (Å²) < 4.78 is 2.02. The maximum absolute atomic E-state index is 4.31. The van der Waals surface area contributed by atoms with E-state index in [0.717, 1.165) is 11.8 Å². The Morgan fingerprint density at radius 2 is 2.11 bits per heavy atom.